The van der Waals surface area contributed by atoms with E-state index in [1.54, 1.807) is 24.4 Å². The molecule has 0 aliphatic heterocycles. The van der Waals surface area contributed by atoms with Crippen molar-refractivity contribution in [3.63, 3.8) is 0 Å². The maximum Gasteiger partial charge on any atom is 0.282 e. The Kier molecular flexibility index (Phi) is 7.66. The van der Waals surface area contributed by atoms with Crippen LogP contribution in [0.5, 0.6) is 5.75 Å². The van der Waals surface area contributed by atoms with Gasteiger partial charge in [-0.3, -0.25) is 9.59 Å². The van der Waals surface area contributed by atoms with Crippen molar-refractivity contribution in [2.75, 3.05) is 6.61 Å². The summed E-state index contributed by atoms with van der Waals surface area (Å²) in [5.41, 5.74) is 6.25. The smallest absolute Gasteiger partial charge is 0.282 e. The summed E-state index contributed by atoms with van der Waals surface area (Å²) < 4.78 is 8.78. The lowest BCUT2D eigenvalue weighted by Gasteiger charge is -2.14. The highest BCUT2D eigenvalue weighted by atomic mass is 79.9. The number of fused-ring (bicyclic) bond motifs is 1. The molecule has 2 N–H and O–H groups in total. The molecule has 2 aromatic carbocycles. The second kappa shape index (κ2) is 10.1. The molecule has 162 valence electrons. The van der Waals surface area contributed by atoms with E-state index in [0.29, 0.717) is 37.0 Å². The molecule has 0 fully saturated rings. The molecule has 3 rings (SSSR count). The SMILES string of the molecule is CC[C@@H](C)c1nc2ccc(Br)cc2c(=O)n1N=Cc1cc(Br)c(OCC(N)=O)c(Br)c1. The van der Waals surface area contributed by atoms with Crippen LogP contribution >= 0.6 is 47.8 Å². The number of hydrogen-bond acceptors (Lipinski definition) is 5. The van der Waals surface area contributed by atoms with Gasteiger partial charge < -0.3 is 10.5 Å². The molecule has 0 bridgehead atoms. The van der Waals surface area contributed by atoms with E-state index < -0.39 is 5.91 Å². The van der Waals surface area contributed by atoms with Crippen molar-refractivity contribution in [1.29, 1.82) is 0 Å². The van der Waals surface area contributed by atoms with E-state index >= 15 is 0 Å². The van der Waals surface area contributed by atoms with Crippen molar-refractivity contribution in [2.24, 2.45) is 10.8 Å². The maximum atomic E-state index is 13.2. The molecule has 1 heterocycles. The first-order chi connectivity index (χ1) is 14.7. The molecular formula is C21H19Br3N4O3. The second-order valence-corrected chi connectivity index (χ2v) is 9.50. The fraction of sp³-hybridized carbons (Fsp3) is 0.238. The van der Waals surface area contributed by atoms with Crippen molar-refractivity contribution in [2.45, 2.75) is 26.2 Å². The summed E-state index contributed by atoms with van der Waals surface area (Å²) in [5, 5.41) is 4.94. The Morgan fingerprint density at radius 3 is 2.55 bits per heavy atom. The molecule has 0 aliphatic carbocycles. The predicted molar refractivity (Wildman–Crippen MR) is 132 cm³/mol. The lowest BCUT2D eigenvalue weighted by molar-refractivity contribution is -0.119. The van der Waals surface area contributed by atoms with Crippen LogP contribution in [0.15, 0.2) is 53.6 Å². The molecule has 0 saturated carbocycles. The average Bonchev–Trinajstić information content (AvgIpc) is 2.72. The Morgan fingerprint density at radius 1 is 1.26 bits per heavy atom. The standard InChI is InChI=1S/C21H19Br3N4O3/c1-3-11(2)20-27-17-5-4-13(22)8-14(17)21(30)28(20)26-9-12-6-15(23)19(16(24)7-12)31-10-18(25)29/h4-9,11H,3,10H2,1-2H3,(H2,25,29)/t11-/m1/s1. The van der Waals surface area contributed by atoms with E-state index in [9.17, 15) is 9.59 Å². The number of ether oxygens (including phenoxy) is 1. The third-order valence-corrected chi connectivity index (χ3v) is 6.26. The summed E-state index contributed by atoms with van der Waals surface area (Å²) in [6, 6.07) is 8.96. The van der Waals surface area contributed by atoms with Gasteiger partial charge in [0.15, 0.2) is 6.61 Å². The molecular weight excluding hydrogens is 596 g/mol. The molecule has 0 aliphatic rings. The highest BCUT2D eigenvalue weighted by molar-refractivity contribution is 9.11. The van der Waals surface area contributed by atoms with Gasteiger partial charge in [0.05, 0.1) is 26.1 Å². The number of hydrogen-bond donors (Lipinski definition) is 1. The van der Waals surface area contributed by atoms with Crippen molar-refractivity contribution in [1.82, 2.24) is 9.66 Å². The topological polar surface area (TPSA) is 99.6 Å². The number of benzene rings is 2. The Balaban J connectivity index is 2.07. The van der Waals surface area contributed by atoms with Gasteiger partial charge in [0.1, 0.15) is 11.6 Å². The highest BCUT2D eigenvalue weighted by Crippen LogP contribution is 2.34. The van der Waals surface area contributed by atoms with Crippen LogP contribution in [0.3, 0.4) is 0 Å². The van der Waals surface area contributed by atoms with Crippen LogP contribution in [-0.2, 0) is 4.79 Å². The van der Waals surface area contributed by atoms with Crippen molar-refractivity contribution >= 4 is 70.8 Å². The van der Waals surface area contributed by atoms with Crippen molar-refractivity contribution in [3.8, 4) is 5.75 Å². The molecule has 0 radical (unpaired) electrons. The number of primary amides is 1. The molecule has 0 saturated heterocycles. The summed E-state index contributed by atoms with van der Waals surface area (Å²) in [5.74, 6) is 0.515. The summed E-state index contributed by atoms with van der Waals surface area (Å²) in [6.45, 7) is 3.81. The van der Waals surface area contributed by atoms with Gasteiger partial charge in [-0.05, 0) is 74.2 Å². The molecule has 31 heavy (non-hydrogen) atoms. The van der Waals surface area contributed by atoms with Gasteiger partial charge in [0.2, 0.25) is 0 Å². The summed E-state index contributed by atoms with van der Waals surface area (Å²) >= 11 is 10.3. The van der Waals surface area contributed by atoms with Crippen molar-refractivity contribution in [3.05, 3.63) is 65.5 Å². The highest BCUT2D eigenvalue weighted by Gasteiger charge is 2.16. The Hall–Kier alpha value is -2.04. The zero-order valence-corrected chi connectivity index (χ0v) is 21.5. The van der Waals surface area contributed by atoms with Gasteiger partial charge in [-0.25, -0.2) is 4.98 Å². The zero-order valence-electron chi connectivity index (χ0n) is 16.7. The molecule has 0 unspecified atom stereocenters. The first-order valence-corrected chi connectivity index (χ1v) is 11.8. The van der Waals surface area contributed by atoms with E-state index in [1.807, 2.05) is 26.0 Å². The maximum absolute atomic E-state index is 13.2. The number of halogens is 3. The molecule has 1 aromatic heterocycles. The Bertz CT molecular complexity index is 1220. The Labute approximate surface area is 204 Å². The number of nitrogens with zero attached hydrogens (tertiary/aromatic N) is 3. The minimum Gasteiger partial charge on any atom is -0.481 e. The van der Waals surface area contributed by atoms with E-state index in [2.05, 4.69) is 52.9 Å². The molecule has 7 nitrogen and oxygen atoms in total. The van der Waals surface area contributed by atoms with Gasteiger partial charge >= 0.3 is 0 Å². The lowest BCUT2D eigenvalue weighted by atomic mass is 10.1. The number of aromatic nitrogens is 2. The van der Waals surface area contributed by atoms with Crippen LogP contribution < -0.4 is 16.0 Å². The Morgan fingerprint density at radius 2 is 1.94 bits per heavy atom. The summed E-state index contributed by atoms with van der Waals surface area (Å²) in [4.78, 5) is 28.9. The van der Waals surface area contributed by atoms with Crippen LogP contribution in [-0.4, -0.2) is 28.4 Å². The number of rotatable bonds is 7. The fourth-order valence-electron chi connectivity index (χ4n) is 2.84. The van der Waals surface area contributed by atoms with E-state index in [0.717, 1.165) is 10.9 Å². The predicted octanol–water partition coefficient (Wildman–Crippen LogP) is 4.94. The van der Waals surface area contributed by atoms with Crippen LogP contribution in [0.25, 0.3) is 10.9 Å². The van der Waals surface area contributed by atoms with Gasteiger partial charge in [-0.1, -0.05) is 29.8 Å². The molecule has 3 aromatic rings. The summed E-state index contributed by atoms with van der Waals surface area (Å²) in [6.07, 6.45) is 2.39. The monoisotopic (exact) mass is 612 g/mol. The molecule has 1 amide bonds. The summed E-state index contributed by atoms with van der Waals surface area (Å²) in [7, 11) is 0. The van der Waals surface area contributed by atoms with Gasteiger partial charge in [-0.2, -0.15) is 9.78 Å². The number of amides is 1. The first-order valence-electron chi connectivity index (χ1n) is 9.38. The van der Waals surface area contributed by atoms with E-state index in [-0.39, 0.29) is 18.1 Å². The van der Waals surface area contributed by atoms with Crippen LogP contribution in [0.2, 0.25) is 0 Å². The van der Waals surface area contributed by atoms with Crippen LogP contribution in [0, 0.1) is 0 Å². The average molecular weight is 615 g/mol. The quantitative estimate of drug-likeness (QED) is 0.381. The third kappa shape index (κ3) is 5.42. The van der Waals surface area contributed by atoms with Gasteiger partial charge in [0.25, 0.3) is 11.5 Å². The van der Waals surface area contributed by atoms with E-state index in [4.69, 9.17) is 15.5 Å². The minimum absolute atomic E-state index is 0.0425. The van der Waals surface area contributed by atoms with Gasteiger partial charge in [0, 0.05) is 10.4 Å². The van der Waals surface area contributed by atoms with E-state index in [1.165, 1.54) is 4.68 Å². The minimum atomic E-state index is -0.572. The number of carbonyl (C=O) groups is 1. The zero-order chi connectivity index (χ0) is 22.7. The fourth-order valence-corrected chi connectivity index (χ4v) is 4.65. The number of nitrogens with two attached hydrogens (primary N) is 1. The van der Waals surface area contributed by atoms with Crippen molar-refractivity contribution < 1.29 is 9.53 Å². The lowest BCUT2D eigenvalue weighted by Crippen LogP contribution is -2.23. The van der Waals surface area contributed by atoms with Gasteiger partial charge in [-0.15, -0.1) is 0 Å². The normalized spacial score (nSPS) is 12.4. The first kappa shape index (κ1) is 23.6. The largest absolute Gasteiger partial charge is 0.481 e. The van der Waals surface area contributed by atoms with Crippen LogP contribution in [0.1, 0.15) is 37.6 Å². The third-order valence-electron chi connectivity index (χ3n) is 4.59. The number of carbonyl (C=O) groups excluding carboxylic acids is 1. The molecule has 0 spiro atoms. The molecule has 10 heteroatoms. The van der Waals surface area contributed by atoms with Crippen LogP contribution in [0.4, 0.5) is 0 Å². The second-order valence-electron chi connectivity index (χ2n) is 6.87. The molecule has 1 atom stereocenters.